The van der Waals surface area contributed by atoms with E-state index in [-0.39, 0.29) is 61.0 Å². The highest BCUT2D eigenvalue weighted by Gasteiger charge is 2.39. The van der Waals surface area contributed by atoms with Crippen molar-refractivity contribution in [3.8, 4) is 17.2 Å². The lowest BCUT2D eigenvalue weighted by molar-refractivity contribution is -0.377. The number of rotatable bonds is 20. The SMILES string of the molecule is O=C(CC1CN(S(=O)(=O)c2ccc(COc3cccc([C@@H](NC(=O)O[C@H]4CN5CCC4CC5)c4ccccc4)c3)cc2)C1)O[C@@H](Cc1c(Cl)c[nH+]cc1Cl)c1ccc(OC(F)F)c(OCC2CC2)c1. The van der Waals surface area contributed by atoms with Gasteiger partial charge in [-0.25, -0.2) is 18.2 Å². The van der Waals surface area contributed by atoms with Gasteiger partial charge in [0.25, 0.3) is 0 Å². The van der Waals surface area contributed by atoms with E-state index in [1.165, 1.54) is 47.0 Å². The van der Waals surface area contributed by atoms with Crippen LogP contribution in [0, 0.1) is 17.8 Å². The molecule has 1 aliphatic carbocycles. The molecule has 364 valence electrons. The Balaban J connectivity index is 0.799. The molecule has 1 aromatic heterocycles. The number of pyridine rings is 1. The number of nitrogens with one attached hydrogen (secondary N) is 2. The van der Waals surface area contributed by atoms with E-state index in [4.69, 9.17) is 46.9 Å². The van der Waals surface area contributed by atoms with Crippen LogP contribution >= 0.6 is 23.2 Å². The molecule has 69 heavy (non-hydrogen) atoms. The first-order chi connectivity index (χ1) is 33.3. The van der Waals surface area contributed by atoms with Crippen LogP contribution in [0.15, 0.2) is 114 Å². The second-order valence-electron chi connectivity index (χ2n) is 18.1. The van der Waals surface area contributed by atoms with Crippen molar-refractivity contribution in [2.75, 3.05) is 39.3 Å². The minimum Gasteiger partial charge on any atom is -0.489 e. The molecule has 5 aromatic rings. The molecule has 4 aliphatic heterocycles. The molecule has 2 bridgehead atoms. The average Bonchev–Trinajstić information content (AvgIpc) is 4.17. The smallest absolute Gasteiger partial charge is 0.408 e. The first kappa shape index (κ1) is 48.5. The van der Waals surface area contributed by atoms with Crippen LogP contribution in [0.3, 0.4) is 0 Å². The number of benzene rings is 4. The molecule has 5 heterocycles. The number of alkyl halides is 2. The Kier molecular flexibility index (Phi) is 15.2. The largest absolute Gasteiger partial charge is 0.489 e. The van der Waals surface area contributed by atoms with Crippen molar-refractivity contribution in [2.24, 2.45) is 17.8 Å². The van der Waals surface area contributed by atoms with Gasteiger partial charge in [-0.15, -0.1) is 0 Å². The Morgan fingerprint density at radius 2 is 1.51 bits per heavy atom. The second-order valence-corrected chi connectivity index (χ2v) is 20.9. The number of hydrogen-bond donors (Lipinski definition) is 1. The molecule has 5 aliphatic rings. The Hall–Kier alpha value is -5.52. The highest BCUT2D eigenvalue weighted by molar-refractivity contribution is 7.89. The lowest BCUT2D eigenvalue weighted by Gasteiger charge is -2.43. The number of esters is 1. The monoisotopic (exact) mass is 1010 g/mol. The number of hydrogen-bond acceptors (Lipinski definition) is 10. The molecule has 3 atom stereocenters. The maximum atomic E-state index is 13.7. The van der Waals surface area contributed by atoms with Crippen molar-refractivity contribution in [1.82, 2.24) is 14.5 Å². The topological polar surface area (TPSA) is 147 Å². The number of amides is 1. The van der Waals surface area contributed by atoms with Gasteiger partial charge in [0, 0.05) is 31.6 Å². The van der Waals surface area contributed by atoms with Crippen molar-refractivity contribution in [1.29, 1.82) is 0 Å². The summed E-state index contributed by atoms with van der Waals surface area (Å²) in [7, 11) is -3.88. The first-order valence-electron chi connectivity index (χ1n) is 23.2. The summed E-state index contributed by atoms with van der Waals surface area (Å²) in [6.45, 7) is 0.472. The van der Waals surface area contributed by atoms with Gasteiger partial charge in [0.2, 0.25) is 10.0 Å². The third-order valence-electron chi connectivity index (χ3n) is 13.2. The van der Waals surface area contributed by atoms with Crippen molar-refractivity contribution < 1.29 is 55.5 Å². The Bertz CT molecular complexity index is 2690. The van der Waals surface area contributed by atoms with Gasteiger partial charge in [0.1, 0.15) is 34.6 Å². The molecule has 13 nitrogen and oxygen atoms in total. The molecule has 4 aromatic carbocycles. The number of piperidine rings is 3. The number of ether oxygens (including phenoxy) is 5. The zero-order chi connectivity index (χ0) is 48.1. The van der Waals surface area contributed by atoms with Gasteiger partial charge in [0.15, 0.2) is 23.9 Å². The molecule has 4 saturated heterocycles. The number of halogens is 4. The number of carbonyl (C=O) groups excluding carboxylic acids is 2. The van der Waals surface area contributed by atoms with Crippen LogP contribution in [0.4, 0.5) is 13.6 Å². The number of H-pyrrole nitrogens is 1. The molecule has 5 fully saturated rings. The number of alkyl carbamates (subject to hydrolysis) is 1. The number of aromatic amines is 1. The van der Waals surface area contributed by atoms with E-state index in [9.17, 15) is 26.8 Å². The Morgan fingerprint density at radius 3 is 2.19 bits per heavy atom. The maximum Gasteiger partial charge on any atom is 0.408 e. The summed E-state index contributed by atoms with van der Waals surface area (Å²) in [5.41, 5.74) is 3.38. The predicted octanol–water partition coefficient (Wildman–Crippen LogP) is 9.22. The zero-order valence-corrected chi connectivity index (χ0v) is 39.9. The fraction of sp³-hybridized carbons (Fsp3) is 0.392. The van der Waals surface area contributed by atoms with Crippen LogP contribution in [-0.4, -0.2) is 81.7 Å². The quantitative estimate of drug-likeness (QED) is 0.0749. The maximum absolute atomic E-state index is 13.7. The molecule has 1 saturated carbocycles. The summed E-state index contributed by atoms with van der Waals surface area (Å²) in [4.78, 5) is 32.1. The fourth-order valence-electron chi connectivity index (χ4n) is 9.09. The van der Waals surface area contributed by atoms with Gasteiger partial charge in [-0.2, -0.15) is 13.1 Å². The van der Waals surface area contributed by atoms with Crippen LogP contribution in [-0.2, 0) is 37.3 Å². The van der Waals surface area contributed by atoms with Crippen LogP contribution in [0.25, 0.3) is 0 Å². The zero-order valence-electron chi connectivity index (χ0n) is 37.6. The molecule has 10 rings (SSSR count). The number of fused-ring (bicyclic) bond motifs is 3. The van der Waals surface area contributed by atoms with E-state index in [0.29, 0.717) is 45.4 Å². The average molecular weight is 1010 g/mol. The van der Waals surface area contributed by atoms with Crippen molar-refractivity contribution in [3.63, 3.8) is 0 Å². The van der Waals surface area contributed by atoms with Gasteiger partial charge in [-0.05, 0) is 115 Å². The normalized spacial score (nSPS) is 20.1. The Morgan fingerprint density at radius 1 is 0.783 bits per heavy atom. The Labute approximate surface area is 410 Å². The van der Waals surface area contributed by atoms with Crippen molar-refractivity contribution in [3.05, 3.63) is 147 Å². The highest BCUT2D eigenvalue weighted by atomic mass is 35.5. The lowest BCUT2D eigenvalue weighted by Crippen LogP contribution is -2.52. The number of sulfonamides is 1. The molecule has 18 heteroatoms. The van der Waals surface area contributed by atoms with Crippen LogP contribution < -0.4 is 24.5 Å². The van der Waals surface area contributed by atoms with Crippen molar-refractivity contribution >= 4 is 45.3 Å². The third-order valence-corrected chi connectivity index (χ3v) is 15.7. The van der Waals surface area contributed by atoms with Crippen LogP contribution in [0.2, 0.25) is 10.0 Å². The summed E-state index contributed by atoms with van der Waals surface area (Å²) in [5, 5.41) is 3.70. The van der Waals surface area contributed by atoms with Crippen LogP contribution in [0.1, 0.15) is 72.1 Å². The summed E-state index contributed by atoms with van der Waals surface area (Å²) in [5.74, 6) is 0.311. The second kappa shape index (κ2) is 21.6. The van der Waals surface area contributed by atoms with E-state index in [1.807, 2.05) is 54.6 Å². The molecular formula is C51H53Cl2F2N4O9S+. The minimum atomic E-state index is -3.88. The molecule has 2 N–H and O–H groups in total. The summed E-state index contributed by atoms with van der Waals surface area (Å²) < 4.78 is 84.0. The number of nitrogens with zero attached hydrogens (tertiary/aromatic N) is 2. The van der Waals surface area contributed by atoms with Crippen molar-refractivity contribution in [2.45, 2.75) is 74.9 Å². The molecule has 0 unspecified atom stereocenters. The minimum absolute atomic E-state index is 0.0534. The van der Waals surface area contributed by atoms with Gasteiger partial charge in [-0.1, -0.05) is 83.9 Å². The van der Waals surface area contributed by atoms with E-state index < -0.39 is 40.8 Å². The van der Waals surface area contributed by atoms with E-state index in [1.54, 1.807) is 12.1 Å². The number of carbonyl (C=O) groups is 2. The molecular weight excluding hydrogens is 954 g/mol. The standard InChI is InChI=1S/C51H52Cl2F2N4O9S/c52-42-25-56-26-43(53)41(42)24-45(37-13-16-44(67-50(54)55)46(23-37)65-31-32-9-10-32)66-48(60)21-34-27-59(28-34)69(62,63)40-14-11-33(12-15-40)30-64-39-8-4-7-38(22-39)49(36-5-2-1-3-6-36)57-51(61)68-47-29-58-19-17-35(47)18-20-58/h1-8,11-16,22-23,25-26,32,34-35,45,47,49-50H,9-10,17-21,24,27-31H2,(H,57,61)/p+1/t45-,47-,49-/m0/s1. The van der Waals surface area contributed by atoms with Gasteiger partial charge < -0.3 is 29.0 Å². The number of aromatic nitrogens is 1. The van der Waals surface area contributed by atoms with E-state index in [2.05, 4.69) is 15.2 Å². The summed E-state index contributed by atoms with van der Waals surface area (Å²) in [6.07, 6.45) is 5.53. The van der Waals surface area contributed by atoms with E-state index >= 15 is 0 Å². The molecule has 0 spiro atoms. The summed E-state index contributed by atoms with van der Waals surface area (Å²) >= 11 is 13.0. The molecule has 0 radical (unpaired) electrons. The first-order valence-corrected chi connectivity index (χ1v) is 25.4. The van der Waals surface area contributed by atoms with E-state index in [0.717, 1.165) is 62.0 Å². The fourth-order valence-corrected chi connectivity index (χ4v) is 11.2. The lowest BCUT2D eigenvalue weighted by atomic mass is 9.86. The van der Waals surface area contributed by atoms with Gasteiger partial charge >= 0.3 is 18.7 Å². The highest BCUT2D eigenvalue weighted by Crippen LogP contribution is 2.39. The molecule has 1 amide bonds. The third kappa shape index (κ3) is 12.3. The van der Waals surface area contributed by atoms with Gasteiger partial charge in [-0.3, -0.25) is 9.69 Å². The summed E-state index contributed by atoms with van der Waals surface area (Å²) in [6, 6.07) is 27.5. The van der Waals surface area contributed by atoms with Gasteiger partial charge in [0.05, 0.1) is 24.0 Å². The predicted molar refractivity (Wildman–Crippen MR) is 252 cm³/mol. The van der Waals surface area contributed by atoms with Crippen LogP contribution in [0.5, 0.6) is 17.2 Å².